The Hall–Kier alpha value is -2.05. The Balaban J connectivity index is 2.32. The van der Waals surface area contributed by atoms with Crippen LogP contribution >= 0.6 is 0 Å². The molecule has 0 aliphatic heterocycles. The number of aliphatic hydroxyl groups is 1. The predicted molar refractivity (Wildman–Crippen MR) is 81.6 cm³/mol. The van der Waals surface area contributed by atoms with Crippen LogP contribution in [0.15, 0.2) is 33.5 Å². The lowest BCUT2D eigenvalue weighted by Gasteiger charge is -2.28. The number of hydrogen-bond acceptors (Lipinski definition) is 6. The number of ether oxygens (including phenoxy) is 3. The van der Waals surface area contributed by atoms with Gasteiger partial charge in [0.05, 0.1) is 18.1 Å². The number of benzene rings is 1. The summed E-state index contributed by atoms with van der Waals surface area (Å²) in [5, 5.41) is 10.8. The molecule has 1 atom stereocenters. The SMILES string of the molecule is COc1cc(OC[C@@H](O)C(C)(C)OC)c2ccc(=O)oc2c1. The molecule has 0 radical (unpaired) electrons. The summed E-state index contributed by atoms with van der Waals surface area (Å²) in [7, 11) is 3.04. The van der Waals surface area contributed by atoms with Gasteiger partial charge in [-0.1, -0.05) is 0 Å². The first-order chi connectivity index (χ1) is 10.4. The van der Waals surface area contributed by atoms with E-state index < -0.39 is 17.3 Å². The molecule has 0 aliphatic carbocycles. The van der Waals surface area contributed by atoms with Gasteiger partial charge in [0, 0.05) is 25.3 Å². The summed E-state index contributed by atoms with van der Waals surface area (Å²) >= 11 is 0. The molecule has 0 amide bonds. The molecular formula is C16H20O6. The molecule has 0 saturated heterocycles. The second-order valence-corrected chi connectivity index (χ2v) is 5.43. The summed E-state index contributed by atoms with van der Waals surface area (Å²) in [6.07, 6.45) is -0.825. The van der Waals surface area contributed by atoms with Crippen LogP contribution in [-0.2, 0) is 4.74 Å². The molecule has 1 N–H and O–H groups in total. The lowest BCUT2D eigenvalue weighted by Crippen LogP contribution is -2.42. The number of rotatable bonds is 6. The summed E-state index contributed by atoms with van der Waals surface area (Å²) < 4.78 is 21.2. The van der Waals surface area contributed by atoms with Gasteiger partial charge >= 0.3 is 5.63 Å². The normalized spacial score (nSPS) is 13.1. The van der Waals surface area contributed by atoms with Gasteiger partial charge in [0.2, 0.25) is 0 Å². The highest BCUT2D eigenvalue weighted by atomic mass is 16.5. The van der Waals surface area contributed by atoms with Crippen molar-refractivity contribution in [2.24, 2.45) is 0 Å². The topological polar surface area (TPSA) is 78.1 Å². The van der Waals surface area contributed by atoms with Crippen molar-refractivity contribution in [3.8, 4) is 11.5 Å². The number of hydrogen-bond donors (Lipinski definition) is 1. The summed E-state index contributed by atoms with van der Waals surface area (Å²) in [6.45, 7) is 3.57. The van der Waals surface area contributed by atoms with Crippen molar-refractivity contribution in [1.29, 1.82) is 0 Å². The van der Waals surface area contributed by atoms with E-state index in [-0.39, 0.29) is 6.61 Å². The Morgan fingerprint density at radius 1 is 1.27 bits per heavy atom. The summed E-state index contributed by atoms with van der Waals surface area (Å²) in [6, 6.07) is 6.22. The van der Waals surface area contributed by atoms with Gasteiger partial charge in [-0.15, -0.1) is 0 Å². The smallest absolute Gasteiger partial charge is 0.336 e. The van der Waals surface area contributed by atoms with Gasteiger partial charge in [-0.25, -0.2) is 4.79 Å². The first-order valence-corrected chi connectivity index (χ1v) is 6.85. The van der Waals surface area contributed by atoms with Crippen LogP contribution in [0.4, 0.5) is 0 Å². The van der Waals surface area contributed by atoms with Crippen LogP contribution in [0.1, 0.15) is 13.8 Å². The van der Waals surface area contributed by atoms with Gasteiger partial charge in [-0.3, -0.25) is 0 Å². The zero-order chi connectivity index (χ0) is 16.3. The maximum absolute atomic E-state index is 11.3. The standard InChI is InChI=1S/C16H20O6/c1-16(2,20-4)14(17)9-21-12-7-10(19-3)8-13-11(12)5-6-15(18)22-13/h5-8,14,17H,9H2,1-4H3/t14-/m1/s1. The van der Waals surface area contributed by atoms with E-state index in [1.54, 1.807) is 32.0 Å². The van der Waals surface area contributed by atoms with Crippen LogP contribution in [-0.4, -0.2) is 37.6 Å². The van der Waals surface area contributed by atoms with E-state index in [1.165, 1.54) is 20.3 Å². The van der Waals surface area contributed by atoms with Crippen molar-refractivity contribution in [2.45, 2.75) is 25.6 Å². The zero-order valence-electron chi connectivity index (χ0n) is 13.1. The molecule has 6 nitrogen and oxygen atoms in total. The van der Waals surface area contributed by atoms with Crippen LogP contribution in [0.25, 0.3) is 11.0 Å². The van der Waals surface area contributed by atoms with Gasteiger partial charge in [0.15, 0.2) is 0 Å². The van der Waals surface area contributed by atoms with Gasteiger partial charge in [-0.05, 0) is 19.9 Å². The number of fused-ring (bicyclic) bond motifs is 1. The van der Waals surface area contributed by atoms with Gasteiger partial charge in [0.1, 0.15) is 29.8 Å². The molecule has 1 aromatic heterocycles. The third-order valence-corrected chi connectivity index (χ3v) is 3.64. The van der Waals surface area contributed by atoms with Gasteiger partial charge < -0.3 is 23.7 Å². The maximum atomic E-state index is 11.3. The second-order valence-electron chi connectivity index (χ2n) is 5.43. The summed E-state index contributed by atoms with van der Waals surface area (Å²) in [5.74, 6) is 0.960. The minimum Gasteiger partial charge on any atom is -0.496 e. The van der Waals surface area contributed by atoms with E-state index in [2.05, 4.69) is 0 Å². The molecule has 0 unspecified atom stereocenters. The average molecular weight is 308 g/mol. The molecule has 22 heavy (non-hydrogen) atoms. The van der Waals surface area contributed by atoms with Crippen molar-refractivity contribution in [2.75, 3.05) is 20.8 Å². The first-order valence-electron chi connectivity index (χ1n) is 6.85. The second kappa shape index (κ2) is 6.37. The lowest BCUT2D eigenvalue weighted by molar-refractivity contribution is -0.0913. The van der Waals surface area contributed by atoms with Crippen molar-refractivity contribution in [3.63, 3.8) is 0 Å². The molecule has 0 fully saturated rings. The molecule has 0 bridgehead atoms. The fourth-order valence-corrected chi connectivity index (χ4v) is 1.86. The molecule has 1 heterocycles. The number of aliphatic hydroxyl groups excluding tert-OH is 1. The minimum absolute atomic E-state index is 0.0300. The Kier molecular flexibility index (Phi) is 4.73. The molecule has 120 valence electrons. The molecule has 0 spiro atoms. The highest BCUT2D eigenvalue weighted by molar-refractivity contribution is 5.85. The molecule has 2 aromatic rings. The van der Waals surface area contributed by atoms with Crippen LogP contribution < -0.4 is 15.1 Å². The summed E-state index contributed by atoms with van der Waals surface area (Å²) in [4.78, 5) is 11.3. The molecular weight excluding hydrogens is 288 g/mol. The lowest BCUT2D eigenvalue weighted by atomic mass is 10.0. The van der Waals surface area contributed by atoms with Crippen LogP contribution in [0.2, 0.25) is 0 Å². The third-order valence-electron chi connectivity index (χ3n) is 3.64. The van der Waals surface area contributed by atoms with Crippen molar-refractivity contribution in [3.05, 3.63) is 34.7 Å². The van der Waals surface area contributed by atoms with Gasteiger partial charge in [-0.2, -0.15) is 0 Å². The Bertz CT molecular complexity index is 703. The van der Waals surface area contributed by atoms with E-state index >= 15 is 0 Å². The molecule has 2 rings (SSSR count). The Morgan fingerprint density at radius 3 is 2.64 bits per heavy atom. The van der Waals surface area contributed by atoms with Crippen LogP contribution in [0.3, 0.4) is 0 Å². The molecule has 6 heteroatoms. The monoisotopic (exact) mass is 308 g/mol. The van der Waals surface area contributed by atoms with E-state index in [9.17, 15) is 9.90 Å². The van der Waals surface area contributed by atoms with Crippen LogP contribution in [0, 0.1) is 0 Å². The van der Waals surface area contributed by atoms with E-state index in [4.69, 9.17) is 18.6 Å². The zero-order valence-corrected chi connectivity index (χ0v) is 13.1. The molecule has 0 aliphatic rings. The van der Waals surface area contributed by atoms with Crippen LogP contribution in [0.5, 0.6) is 11.5 Å². The Labute approximate surface area is 128 Å². The van der Waals surface area contributed by atoms with Crippen molar-refractivity contribution < 1.29 is 23.7 Å². The fraction of sp³-hybridized carbons (Fsp3) is 0.438. The first kappa shape index (κ1) is 16.3. The average Bonchev–Trinajstić information content (AvgIpc) is 2.51. The van der Waals surface area contributed by atoms with Gasteiger partial charge in [0.25, 0.3) is 0 Å². The summed E-state index contributed by atoms with van der Waals surface area (Å²) in [5.41, 5.74) is -0.823. The van der Waals surface area contributed by atoms with E-state index in [0.717, 1.165) is 0 Å². The van der Waals surface area contributed by atoms with E-state index in [1.807, 2.05) is 0 Å². The molecule has 1 aromatic carbocycles. The molecule has 0 saturated carbocycles. The van der Waals surface area contributed by atoms with Crippen molar-refractivity contribution in [1.82, 2.24) is 0 Å². The third kappa shape index (κ3) is 3.40. The quantitative estimate of drug-likeness (QED) is 0.822. The predicted octanol–water partition coefficient (Wildman–Crippen LogP) is 1.97. The van der Waals surface area contributed by atoms with Crippen molar-refractivity contribution >= 4 is 11.0 Å². The minimum atomic E-state index is -0.825. The van der Waals surface area contributed by atoms with E-state index in [0.29, 0.717) is 22.5 Å². The number of methoxy groups -OCH3 is 2. The maximum Gasteiger partial charge on any atom is 0.336 e. The largest absolute Gasteiger partial charge is 0.496 e. The Morgan fingerprint density at radius 2 is 2.00 bits per heavy atom. The fourth-order valence-electron chi connectivity index (χ4n) is 1.86. The highest BCUT2D eigenvalue weighted by Gasteiger charge is 2.28. The highest BCUT2D eigenvalue weighted by Crippen LogP contribution is 2.31.